The van der Waals surface area contributed by atoms with Gasteiger partial charge in [-0.05, 0) is 116 Å². The van der Waals surface area contributed by atoms with Gasteiger partial charge in [-0.25, -0.2) is 9.98 Å². The topological polar surface area (TPSA) is 104 Å². The maximum Gasteiger partial charge on any atom is 0.227 e. The minimum atomic E-state index is -0.225. The van der Waals surface area contributed by atoms with E-state index in [2.05, 4.69) is 102 Å². The van der Waals surface area contributed by atoms with Gasteiger partial charge in [-0.2, -0.15) is 5.26 Å². The number of nitriles is 1. The van der Waals surface area contributed by atoms with E-state index in [0.29, 0.717) is 17.0 Å². The SMILES string of the molecule is Cc1c(-c2nc3cc(CN4CCCC4)cc(C#N)c3o2)cccc1-c1cccc(N(C)C2=NC=CC3=CC(CN4CCC(O)C4)=CNC32)c1C. The summed E-state index contributed by atoms with van der Waals surface area (Å²) in [6.45, 7) is 9.76. The first-order valence-electron chi connectivity index (χ1n) is 17.7. The van der Waals surface area contributed by atoms with Gasteiger partial charge in [0.25, 0.3) is 0 Å². The van der Waals surface area contributed by atoms with Crippen LogP contribution in [0.2, 0.25) is 0 Å². The minimum Gasteiger partial charge on any atom is -0.435 e. The predicted molar refractivity (Wildman–Crippen MR) is 199 cm³/mol. The first kappa shape index (κ1) is 32.2. The summed E-state index contributed by atoms with van der Waals surface area (Å²) in [5.74, 6) is 1.46. The average molecular weight is 666 g/mol. The number of anilines is 1. The number of hydrogen-bond donors (Lipinski definition) is 2. The molecule has 0 radical (unpaired) electrons. The molecule has 2 unspecified atom stereocenters. The number of likely N-dealkylation sites (tertiary alicyclic amines) is 2. The Labute approximate surface area is 293 Å². The third-order valence-electron chi connectivity index (χ3n) is 10.6. The normalized spacial score (nSPS) is 20.7. The summed E-state index contributed by atoms with van der Waals surface area (Å²) in [4.78, 5) is 16.7. The van der Waals surface area contributed by atoms with Crippen molar-refractivity contribution in [3.8, 4) is 28.7 Å². The quantitative estimate of drug-likeness (QED) is 0.232. The molecule has 9 nitrogen and oxygen atoms in total. The van der Waals surface area contributed by atoms with Crippen molar-refractivity contribution in [1.82, 2.24) is 20.1 Å². The zero-order valence-corrected chi connectivity index (χ0v) is 29.0. The first-order chi connectivity index (χ1) is 24.4. The predicted octanol–water partition coefficient (Wildman–Crippen LogP) is 6.46. The van der Waals surface area contributed by atoms with Crippen LogP contribution in [0.3, 0.4) is 0 Å². The Kier molecular flexibility index (Phi) is 8.61. The first-order valence-corrected chi connectivity index (χ1v) is 17.7. The number of nitrogens with one attached hydrogen (secondary N) is 1. The molecule has 9 heteroatoms. The highest BCUT2D eigenvalue weighted by molar-refractivity contribution is 6.05. The standard InChI is InChI=1S/C41H43N7O2/c1-26-33(8-6-10-35(26)41-45-36-20-28(23-47-15-4-5-16-47)18-31(21-42)39(36)50-41)34-9-7-11-37(27(34)2)46(3)40-38-30(12-14-43-40)19-29(22-44-38)24-48-17-13-32(49)25-48/h6-12,14,18-20,22,32,38,44,49H,4-5,13,15-17,23-25H2,1-3H3. The molecular formula is C41H43N7O2. The molecule has 0 saturated carbocycles. The Morgan fingerprint density at radius 1 is 1.00 bits per heavy atom. The van der Waals surface area contributed by atoms with Crippen molar-refractivity contribution in [1.29, 1.82) is 5.26 Å². The lowest BCUT2D eigenvalue weighted by Crippen LogP contribution is -2.47. The van der Waals surface area contributed by atoms with Crippen LogP contribution in [0.25, 0.3) is 33.7 Å². The second-order valence-corrected chi connectivity index (χ2v) is 14.0. The molecule has 1 aromatic heterocycles. The van der Waals surface area contributed by atoms with Crippen molar-refractivity contribution in [3.63, 3.8) is 0 Å². The molecule has 0 amide bonds. The number of amidine groups is 1. The summed E-state index contributed by atoms with van der Waals surface area (Å²) < 4.78 is 6.34. The molecule has 2 saturated heterocycles. The molecule has 0 spiro atoms. The number of oxazole rings is 1. The zero-order valence-electron chi connectivity index (χ0n) is 29.0. The van der Waals surface area contributed by atoms with E-state index in [4.69, 9.17) is 14.4 Å². The minimum absolute atomic E-state index is 0.0561. The van der Waals surface area contributed by atoms with Crippen LogP contribution in [0.1, 0.15) is 41.5 Å². The molecule has 8 rings (SSSR count). The van der Waals surface area contributed by atoms with Crippen molar-refractivity contribution in [2.75, 3.05) is 44.7 Å². The van der Waals surface area contributed by atoms with E-state index in [-0.39, 0.29) is 12.1 Å². The Morgan fingerprint density at radius 3 is 2.56 bits per heavy atom. The molecule has 0 aliphatic carbocycles. The highest BCUT2D eigenvalue weighted by atomic mass is 16.3. The number of β-amino-alcohol motifs (C(OH)–C–C–N with tert-alkyl or cyclic N) is 1. The van der Waals surface area contributed by atoms with Gasteiger partial charge in [0.05, 0.1) is 11.7 Å². The monoisotopic (exact) mass is 665 g/mol. The van der Waals surface area contributed by atoms with Crippen molar-refractivity contribution in [2.45, 2.75) is 51.8 Å². The number of aliphatic hydroxyl groups is 1. The number of aliphatic hydroxyl groups excluding tert-OH is 1. The largest absolute Gasteiger partial charge is 0.435 e. The van der Waals surface area contributed by atoms with E-state index in [1.807, 2.05) is 18.3 Å². The van der Waals surface area contributed by atoms with Crippen molar-refractivity contribution in [2.24, 2.45) is 4.99 Å². The number of dihydropyridines is 1. The number of aromatic nitrogens is 1. The number of fused-ring (bicyclic) bond motifs is 2. The average Bonchev–Trinajstić information content (AvgIpc) is 3.89. The zero-order chi connectivity index (χ0) is 34.4. The van der Waals surface area contributed by atoms with Gasteiger partial charge in [-0.1, -0.05) is 30.3 Å². The Bertz CT molecular complexity index is 2130. The van der Waals surface area contributed by atoms with E-state index in [9.17, 15) is 10.4 Å². The van der Waals surface area contributed by atoms with Crippen LogP contribution in [-0.4, -0.2) is 77.6 Å². The fourth-order valence-corrected chi connectivity index (χ4v) is 7.99. The highest BCUT2D eigenvalue weighted by Crippen LogP contribution is 2.38. The van der Waals surface area contributed by atoms with Crippen LogP contribution in [0.4, 0.5) is 5.69 Å². The summed E-state index contributed by atoms with van der Waals surface area (Å²) in [7, 11) is 2.08. The highest BCUT2D eigenvalue weighted by Gasteiger charge is 2.29. The number of nitrogens with zero attached hydrogens (tertiary/aromatic N) is 6. The number of rotatable bonds is 7. The molecule has 50 heavy (non-hydrogen) atoms. The van der Waals surface area contributed by atoms with Crippen molar-refractivity contribution in [3.05, 3.63) is 106 Å². The van der Waals surface area contributed by atoms with E-state index in [1.165, 1.54) is 24.0 Å². The van der Waals surface area contributed by atoms with E-state index < -0.39 is 0 Å². The van der Waals surface area contributed by atoms with Gasteiger partial charge in [0.2, 0.25) is 5.89 Å². The van der Waals surface area contributed by atoms with E-state index >= 15 is 0 Å². The number of hydrogen-bond acceptors (Lipinski definition) is 9. The third-order valence-corrected chi connectivity index (χ3v) is 10.6. The van der Waals surface area contributed by atoms with Crippen molar-refractivity contribution < 1.29 is 9.52 Å². The van der Waals surface area contributed by atoms with Gasteiger partial charge in [0.15, 0.2) is 5.58 Å². The van der Waals surface area contributed by atoms with Crippen LogP contribution in [0.15, 0.2) is 93.6 Å². The fourth-order valence-electron chi connectivity index (χ4n) is 7.99. The second-order valence-electron chi connectivity index (χ2n) is 14.0. The smallest absolute Gasteiger partial charge is 0.227 e. The lowest BCUT2D eigenvalue weighted by Gasteiger charge is -2.34. The molecule has 254 valence electrons. The van der Waals surface area contributed by atoms with E-state index in [0.717, 1.165) is 96.1 Å². The lowest BCUT2D eigenvalue weighted by atomic mass is 9.92. The van der Waals surface area contributed by atoms with Crippen LogP contribution < -0.4 is 10.2 Å². The number of aliphatic imine (C=N–C) groups is 1. The van der Waals surface area contributed by atoms with Crippen LogP contribution in [-0.2, 0) is 6.54 Å². The molecule has 2 fully saturated rings. The summed E-state index contributed by atoms with van der Waals surface area (Å²) in [5, 5.41) is 23.6. The summed E-state index contributed by atoms with van der Waals surface area (Å²) in [6.07, 6.45) is 11.4. The van der Waals surface area contributed by atoms with Crippen molar-refractivity contribution >= 4 is 22.6 Å². The maximum absolute atomic E-state index is 9.99. The summed E-state index contributed by atoms with van der Waals surface area (Å²) >= 11 is 0. The molecular weight excluding hydrogens is 622 g/mol. The lowest BCUT2D eigenvalue weighted by molar-refractivity contribution is 0.179. The van der Waals surface area contributed by atoms with Crippen LogP contribution in [0.5, 0.6) is 0 Å². The summed E-state index contributed by atoms with van der Waals surface area (Å²) in [6, 6.07) is 19.0. The molecule has 3 aromatic carbocycles. The van der Waals surface area contributed by atoms with Gasteiger partial charge in [-0.15, -0.1) is 0 Å². The molecule has 4 aliphatic rings. The molecule has 2 atom stereocenters. The Balaban J connectivity index is 1.07. The second kappa shape index (κ2) is 13.4. The number of likely N-dealkylation sites (N-methyl/N-ethyl adjacent to an activating group) is 1. The molecule has 4 aromatic rings. The molecule has 5 heterocycles. The van der Waals surface area contributed by atoms with Gasteiger partial charge in [0.1, 0.15) is 23.5 Å². The van der Waals surface area contributed by atoms with Gasteiger partial charge < -0.3 is 19.7 Å². The maximum atomic E-state index is 9.99. The summed E-state index contributed by atoms with van der Waals surface area (Å²) in [5.41, 5.74) is 11.7. The van der Waals surface area contributed by atoms with Gasteiger partial charge >= 0.3 is 0 Å². The Hall–Kier alpha value is -5.01. The fraction of sp³-hybridized carbons (Fsp3) is 0.341. The van der Waals surface area contributed by atoms with E-state index in [1.54, 1.807) is 0 Å². The van der Waals surface area contributed by atoms with Gasteiger partial charge in [0, 0.05) is 56.9 Å². The Morgan fingerprint density at radius 2 is 1.78 bits per heavy atom. The number of benzene rings is 3. The molecule has 2 N–H and O–H groups in total. The molecule has 4 aliphatic heterocycles. The van der Waals surface area contributed by atoms with Crippen LogP contribution >= 0.6 is 0 Å². The van der Waals surface area contributed by atoms with Crippen LogP contribution in [0, 0.1) is 25.2 Å². The molecule has 0 bridgehead atoms. The van der Waals surface area contributed by atoms with Gasteiger partial charge in [-0.3, -0.25) is 9.80 Å². The third kappa shape index (κ3) is 6.04.